The van der Waals surface area contributed by atoms with E-state index in [0.29, 0.717) is 22.8 Å². The molecule has 0 radical (unpaired) electrons. The molecule has 0 saturated carbocycles. The molecule has 0 unspecified atom stereocenters. The fourth-order valence-electron chi connectivity index (χ4n) is 3.09. The number of hydrogen-bond acceptors (Lipinski definition) is 5. The number of nitrogens with zero attached hydrogens (tertiary/aromatic N) is 1. The van der Waals surface area contributed by atoms with Crippen LogP contribution in [-0.4, -0.2) is 37.3 Å². The van der Waals surface area contributed by atoms with Crippen LogP contribution in [0.25, 0.3) is 0 Å². The number of benzene rings is 2. The highest BCUT2D eigenvalue weighted by Gasteiger charge is 2.24. The van der Waals surface area contributed by atoms with Crippen molar-refractivity contribution in [1.82, 2.24) is 10.2 Å². The third-order valence-electron chi connectivity index (χ3n) is 4.40. The molecule has 0 bridgehead atoms. The lowest BCUT2D eigenvalue weighted by molar-refractivity contribution is -0.114. The Morgan fingerprint density at radius 1 is 1.09 bits per heavy atom. The van der Waals surface area contributed by atoms with E-state index in [0.717, 1.165) is 0 Å². The zero-order valence-electron chi connectivity index (χ0n) is 20.3. The quantitative estimate of drug-likeness (QED) is 0.485. The number of carbonyl (C=O) groups is 2. The molecule has 10 heteroatoms. The van der Waals surface area contributed by atoms with Gasteiger partial charge in [0.15, 0.2) is 0 Å². The fourth-order valence-corrected chi connectivity index (χ4v) is 4.25. The van der Waals surface area contributed by atoms with Crippen LogP contribution in [0.5, 0.6) is 5.75 Å². The van der Waals surface area contributed by atoms with Gasteiger partial charge in [0.05, 0.1) is 6.54 Å². The average molecular weight is 510 g/mol. The van der Waals surface area contributed by atoms with Crippen LogP contribution in [-0.2, 0) is 21.5 Å². The molecular weight excluding hydrogens is 478 g/mol. The number of anilines is 1. The number of rotatable bonds is 8. The predicted octanol–water partition coefficient (Wildman–Crippen LogP) is 5.03. The average Bonchev–Trinajstić information content (AvgIpc) is 2.67. The van der Waals surface area contributed by atoms with E-state index in [4.69, 9.17) is 15.8 Å². The Hall–Kier alpha value is -2.78. The van der Waals surface area contributed by atoms with Crippen molar-refractivity contribution >= 4 is 39.3 Å². The summed E-state index contributed by atoms with van der Waals surface area (Å²) in [5.74, 6) is -0.00750. The van der Waals surface area contributed by atoms with Gasteiger partial charge in [0.2, 0.25) is 5.91 Å². The lowest BCUT2D eigenvalue weighted by Gasteiger charge is -2.30. The molecule has 2 N–H and O–H groups in total. The van der Waals surface area contributed by atoms with Crippen molar-refractivity contribution in [3.63, 3.8) is 0 Å². The molecule has 2 rings (SSSR count). The van der Waals surface area contributed by atoms with Gasteiger partial charge in [0.1, 0.15) is 10.6 Å². The van der Waals surface area contributed by atoms with Crippen LogP contribution >= 0.6 is 11.6 Å². The Balaban J connectivity index is 2.33. The number of nitrogens with one attached hydrogen (secondary N) is 2. The summed E-state index contributed by atoms with van der Waals surface area (Å²) in [6.07, 6.45) is 0. The smallest absolute Gasteiger partial charge is 0.339 e. The van der Waals surface area contributed by atoms with E-state index in [9.17, 15) is 18.0 Å². The molecule has 0 saturated heterocycles. The van der Waals surface area contributed by atoms with Gasteiger partial charge in [-0.3, -0.25) is 4.79 Å². The van der Waals surface area contributed by atoms with E-state index in [1.54, 1.807) is 11.0 Å². The summed E-state index contributed by atoms with van der Waals surface area (Å²) in [6.45, 7) is 11.5. The first-order chi connectivity index (χ1) is 15.7. The monoisotopic (exact) mass is 509 g/mol. The highest BCUT2D eigenvalue weighted by molar-refractivity contribution is 7.87. The molecule has 34 heavy (non-hydrogen) atoms. The minimum absolute atomic E-state index is 0.0765. The van der Waals surface area contributed by atoms with Gasteiger partial charge < -0.3 is 19.7 Å². The summed E-state index contributed by atoms with van der Waals surface area (Å²) >= 11 is 6.18. The van der Waals surface area contributed by atoms with Crippen molar-refractivity contribution in [3.05, 3.63) is 53.1 Å². The summed E-state index contributed by atoms with van der Waals surface area (Å²) in [7, 11) is -4.18. The Bertz CT molecular complexity index is 1130. The zero-order chi connectivity index (χ0) is 25.7. The second-order valence-electron chi connectivity index (χ2n) is 9.45. The number of urea groups is 1. The molecule has 0 fully saturated rings. The molecule has 0 aliphatic carbocycles. The normalized spacial score (nSPS) is 11.8. The molecule has 2 aromatic carbocycles. The van der Waals surface area contributed by atoms with E-state index in [-0.39, 0.29) is 35.0 Å². The highest BCUT2D eigenvalue weighted by Crippen LogP contribution is 2.28. The van der Waals surface area contributed by atoms with Gasteiger partial charge in [0.25, 0.3) is 0 Å². The molecule has 186 valence electrons. The van der Waals surface area contributed by atoms with Gasteiger partial charge in [-0.2, -0.15) is 8.42 Å². The summed E-state index contributed by atoms with van der Waals surface area (Å²) in [6, 6.07) is 9.94. The van der Waals surface area contributed by atoms with Crippen LogP contribution in [0.3, 0.4) is 0 Å². The Kier molecular flexibility index (Phi) is 8.96. The Morgan fingerprint density at radius 2 is 1.71 bits per heavy atom. The second-order valence-corrected chi connectivity index (χ2v) is 11.4. The first kappa shape index (κ1) is 27.5. The fraction of sp³-hybridized carbons (Fsp3) is 0.417. The SMILES string of the molecule is CC(=O)Nc1ccc(S(=O)(=O)Oc2ccc(Cl)cc2CN(CC(C)C)C(=O)NC(C)(C)C)cc1. The summed E-state index contributed by atoms with van der Waals surface area (Å²) in [5.41, 5.74) is 0.482. The highest BCUT2D eigenvalue weighted by atomic mass is 35.5. The van der Waals surface area contributed by atoms with Crippen molar-refractivity contribution in [1.29, 1.82) is 0 Å². The molecule has 0 heterocycles. The van der Waals surface area contributed by atoms with Crippen LogP contribution in [0.4, 0.5) is 10.5 Å². The van der Waals surface area contributed by atoms with Gasteiger partial charge in [0, 0.05) is 35.3 Å². The standard InChI is InChI=1S/C24H32ClN3O5S/c1-16(2)14-28(23(30)27-24(4,5)6)15-18-13-19(25)7-12-22(18)33-34(31,32)21-10-8-20(9-11-21)26-17(3)29/h7-13,16H,14-15H2,1-6H3,(H,26,29)(H,27,30). The maximum atomic E-state index is 12.9. The third kappa shape index (κ3) is 8.53. The maximum absolute atomic E-state index is 12.9. The minimum Gasteiger partial charge on any atom is -0.379 e. The third-order valence-corrected chi connectivity index (χ3v) is 5.88. The molecule has 0 aliphatic rings. The molecule has 2 aromatic rings. The number of carbonyl (C=O) groups excluding carboxylic acids is 2. The molecular formula is C24H32ClN3O5S. The molecule has 0 atom stereocenters. The van der Waals surface area contributed by atoms with Crippen molar-refractivity contribution < 1.29 is 22.2 Å². The van der Waals surface area contributed by atoms with E-state index in [2.05, 4.69) is 10.6 Å². The Morgan fingerprint density at radius 3 is 2.24 bits per heavy atom. The molecule has 0 aromatic heterocycles. The van der Waals surface area contributed by atoms with E-state index < -0.39 is 15.7 Å². The maximum Gasteiger partial charge on any atom is 0.339 e. The summed E-state index contributed by atoms with van der Waals surface area (Å²) < 4.78 is 31.3. The van der Waals surface area contributed by atoms with Crippen molar-refractivity contribution in [2.75, 3.05) is 11.9 Å². The lowest BCUT2D eigenvalue weighted by Crippen LogP contribution is -2.49. The van der Waals surface area contributed by atoms with Crippen LogP contribution < -0.4 is 14.8 Å². The second kappa shape index (κ2) is 11.1. The number of amides is 3. The number of halogens is 1. The van der Waals surface area contributed by atoms with Crippen LogP contribution in [0.2, 0.25) is 5.02 Å². The first-order valence-corrected chi connectivity index (χ1v) is 12.6. The van der Waals surface area contributed by atoms with Crippen LogP contribution in [0, 0.1) is 5.92 Å². The Labute approximate surface area is 206 Å². The topological polar surface area (TPSA) is 105 Å². The number of hydrogen-bond donors (Lipinski definition) is 2. The molecule has 0 aliphatic heterocycles. The largest absolute Gasteiger partial charge is 0.379 e. The van der Waals surface area contributed by atoms with Crippen molar-refractivity contribution in [2.45, 2.75) is 58.5 Å². The summed E-state index contributed by atoms with van der Waals surface area (Å²) in [4.78, 5) is 25.6. The zero-order valence-corrected chi connectivity index (χ0v) is 21.9. The molecule has 3 amide bonds. The molecule has 0 spiro atoms. The van der Waals surface area contributed by atoms with Gasteiger partial charge in [-0.25, -0.2) is 4.79 Å². The van der Waals surface area contributed by atoms with Gasteiger partial charge >= 0.3 is 16.1 Å². The predicted molar refractivity (Wildman–Crippen MR) is 134 cm³/mol. The lowest BCUT2D eigenvalue weighted by atomic mass is 10.1. The van der Waals surface area contributed by atoms with Crippen LogP contribution in [0.15, 0.2) is 47.4 Å². The summed E-state index contributed by atoms with van der Waals surface area (Å²) in [5, 5.41) is 5.91. The van der Waals surface area contributed by atoms with Gasteiger partial charge in [-0.1, -0.05) is 25.4 Å². The van der Waals surface area contributed by atoms with Gasteiger partial charge in [-0.15, -0.1) is 0 Å². The van der Waals surface area contributed by atoms with E-state index in [1.165, 1.54) is 43.3 Å². The van der Waals surface area contributed by atoms with E-state index >= 15 is 0 Å². The van der Waals surface area contributed by atoms with Crippen LogP contribution in [0.1, 0.15) is 47.1 Å². The first-order valence-electron chi connectivity index (χ1n) is 10.8. The minimum atomic E-state index is -4.18. The van der Waals surface area contributed by atoms with Crippen molar-refractivity contribution in [2.24, 2.45) is 5.92 Å². The molecule has 8 nitrogen and oxygen atoms in total. The van der Waals surface area contributed by atoms with Gasteiger partial charge in [-0.05, 0) is 69.2 Å². The van der Waals surface area contributed by atoms with Crippen molar-refractivity contribution in [3.8, 4) is 5.75 Å². The van der Waals surface area contributed by atoms with E-state index in [1.807, 2.05) is 34.6 Å².